The van der Waals surface area contributed by atoms with Gasteiger partial charge in [-0.2, -0.15) is 0 Å². The first-order valence-electron chi connectivity index (χ1n) is 10.7. The van der Waals surface area contributed by atoms with Crippen molar-refractivity contribution >= 4 is 33.8 Å². The van der Waals surface area contributed by atoms with Gasteiger partial charge in [-0.25, -0.2) is 4.98 Å². The molecule has 1 fully saturated rings. The number of hydrogen-bond donors (Lipinski definition) is 2. The van der Waals surface area contributed by atoms with Crippen LogP contribution in [0, 0.1) is 6.92 Å². The van der Waals surface area contributed by atoms with Gasteiger partial charge >= 0.3 is 0 Å². The van der Waals surface area contributed by atoms with Gasteiger partial charge in [-0.05, 0) is 56.3 Å². The molecule has 5 rings (SSSR count). The van der Waals surface area contributed by atoms with E-state index in [1.807, 2.05) is 48.0 Å². The van der Waals surface area contributed by atoms with Gasteiger partial charge in [0.15, 0.2) is 0 Å². The summed E-state index contributed by atoms with van der Waals surface area (Å²) in [4.78, 5) is 30.9. The van der Waals surface area contributed by atoms with Crippen LogP contribution in [0.2, 0.25) is 0 Å². The van der Waals surface area contributed by atoms with Crippen LogP contribution in [0.15, 0.2) is 48.7 Å². The van der Waals surface area contributed by atoms with E-state index in [9.17, 15) is 14.7 Å². The molecule has 2 atom stereocenters. The normalized spacial score (nSPS) is 18.7. The summed E-state index contributed by atoms with van der Waals surface area (Å²) in [5.41, 5.74) is 9.08. The third kappa shape index (κ3) is 3.15. The standard InChI is InChI=1S/C24H25N5O3/c1-3-28-14(2)26-18-11-17(5-7-20(18)28)24(32)27-12-21(22(30)13-27)29-9-8-15-10-16(23(25)31)4-6-19(15)29/h4-11,21-22,30H,3,12-13H2,1-2H3,(H2,25,31)/t21-,22-/m1/s1. The fourth-order valence-corrected chi connectivity index (χ4v) is 4.78. The lowest BCUT2D eigenvalue weighted by atomic mass is 10.1. The van der Waals surface area contributed by atoms with Crippen LogP contribution in [0.25, 0.3) is 21.9 Å². The zero-order chi connectivity index (χ0) is 22.6. The van der Waals surface area contributed by atoms with Crippen molar-refractivity contribution in [3.63, 3.8) is 0 Å². The van der Waals surface area contributed by atoms with Gasteiger partial charge in [-0.3, -0.25) is 9.59 Å². The smallest absolute Gasteiger partial charge is 0.254 e. The fourth-order valence-electron chi connectivity index (χ4n) is 4.78. The second kappa shape index (κ2) is 7.49. The maximum atomic E-state index is 13.2. The molecule has 0 spiro atoms. The van der Waals surface area contributed by atoms with Crippen molar-refractivity contribution in [3.05, 3.63) is 65.6 Å². The minimum atomic E-state index is -0.698. The molecule has 3 N–H and O–H groups in total. The summed E-state index contributed by atoms with van der Waals surface area (Å²) in [6.07, 6.45) is 1.18. The van der Waals surface area contributed by atoms with Gasteiger partial charge in [0, 0.05) is 47.9 Å². The van der Waals surface area contributed by atoms with Gasteiger partial charge in [-0.1, -0.05) is 0 Å². The predicted octanol–water partition coefficient (Wildman–Crippen LogP) is 2.48. The second-order valence-corrected chi connectivity index (χ2v) is 8.31. The lowest BCUT2D eigenvalue weighted by Crippen LogP contribution is -2.29. The third-order valence-electron chi connectivity index (χ3n) is 6.41. The van der Waals surface area contributed by atoms with Crippen LogP contribution in [0.5, 0.6) is 0 Å². The van der Waals surface area contributed by atoms with Gasteiger partial charge in [-0.15, -0.1) is 0 Å². The molecule has 32 heavy (non-hydrogen) atoms. The Kier molecular flexibility index (Phi) is 4.74. The summed E-state index contributed by atoms with van der Waals surface area (Å²) in [7, 11) is 0. The Hall–Kier alpha value is -3.65. The molecule has 0 radical (unpaired) electrons. The number of likely N-dealkylation sites (tertiary alicyclic amines) is 1. The molecule has 0 unspecified atom stereocenters. The number of amides is 2. The van der Waals surface area contributed by atoms with Crippen LogP contribution in [-0.4, -0.2) is 55.1 Å². The molecule has 0 aliphatic carbocycles. The number of β-amino-alcohol motifs (C(OH)–C–C–N with tert-alkyl or cyclic N) is 1. The van der Waals surface area contributed by atoms with Gasteiger partial charge in [0.2, 0.25) is 5.91 Å². The molecule has 1 saturated heterocycles. The number of fused-ring (bicyclic) bond motifs is 2. The average molecular weight is 431 g/mol. The Morgan fingerprint density at radius 3 is 2.59 bits per heavy atom. The molecule has 2 amide bonds. The number of aliphatic hydroxyl groups is 1. The van der Waals surface area contributed by atoms with E-state index in [0.29, 0.717) is 17.7 Å². The highest BCUT2D eigenvalue weighted by atomic mass is 16.3. The Morgan fingerprint density at radius 1 is 1.09 bits per heavy atom. The number of rotatable bonds is 4. The van der Waals surface area contributed by atoms with Gasteiger partial charge in [0.25, 0.3) is 5.91 Å². The van der Waals surface area contributed by atoms with Crippen LogP contribution in [0.4, 0.5) is 0 Å². The SMILES string of the molecule is CCn1c(C)nc2cc(C(=O)N3C[C@@H](O)[C@H](n4ccc5cc(C(N)=O)ccc54)C3)ccc21. The molecule has 2 aromatic carbocycles. The van der Waals surface area contributed by atoms with E-state index in [2.05, 4.69) is 16.5 Å². The Morgan fingerprint density at radius 2 is 1.84 bits per heavy atom. The number of aliphatic hydroxyl groups excluding tert-OH is 1. The summed E-state index contributed by atoms with van der Waals surface area (Å²) < 4.78 is 4.08. The summed E-state index contributed by atoms with van der Waals surface area (Å²) in [5.74, 6) is 0.320. The number of aryl methyl sites for hydroxylation is 2. The first kappa shape index (κ1) is 20.3. The van der Waals surface area contributed by atoms with Crippen LogP contribution < -0.4 is 5.73 Å². The number of nitrogens with two attached hydrogens (primary N) is 1. The number of hydrogen-bond acceptors (Lipinski definition) is 4. The highest BCUT2D eigenvalue weighted by Gasteiger charge is 2.36. The number of aromatic nitrogens is 3. The Balaban J connectivity index is 1.41. The van der Waals surface area contributed by atoms with E-state index in [0.717, 1.165) is 34.3 Å². The van der Waals surface area contributed by atoms with Crippen LogP contribution >= 0.6 is 0 Å². The number of nitrogens with zero attached hydrogens (tertiary/aromatic N) is 4. The molecule has 8 nitrogen and oxygen atoms in total. The minimum absolute atomic E-state index is 0.121. The van der Waals surface area contributed by atoms with E-state index < -0.39 is 12.0 Å². The largest absolute Gasteiger partial charge is 0.389 e. The van der Waals surface area contributed by atoms with Gasteiger partial charge < -0.3 is 24.9 Å². The van der Waals surface area contributed by atoms with Crippen molar-refractivity contribution in [2.45, 2.75) is 32.5 Å². The Labute approximate surface area is 184 Å². The average Bonchev–Trinajstić information content (AvgIpc) is 3.45. The topological polar surface area (TPSA) is 106 Å². The van der Waals surface area contributed by atoms with Crippen molar-refractivity contribution in [2.75, 3.05) is 13.1 Å². The van der Waals surface area contributed by atoms with Crippen molar-refractivity contribution in [1.82, 2.24) is 19.0 Å². The van der Waals surface area contributed by atoms with E-state index in [-0.39, 0.29) is 18.5 Å². The molecule has 0 saturated carbocycles. The number of carbonyl (C=O) groups excluding carboxylic acids is 2. The zero-order valence-electron chi connectivity index (χ0n) is 18.0. The van der Waals surface area contributed by atoms with Crippen LogP contribution in [0.3, 0.4) is 0 Å². The molecular formula is C24H25N5O3. The highest BCUT2D eigenvalue weighted by Crippen LogP contribution is 2.29. The van der Waals surface area contributed by atoms with Crippen molar-refractivity contribution in [2.24, 2.45) is 5.73 Å². The molecular weight excluding hydrogens is 406 g/mol. The fraction of sp³-hybridized carbons (Fsp3) is 0.292. The number of benzene rings is 2. The second-order valence-electron chi connectivity index (χ2n) is 8.31. The maximum absolute atomic E-state index is 13.2. The monoisotopic (exact) mass is 431 g/mol. The van der Waals surface area contributed by atoms with Gasteiger partial charge in [0.05, 0.1) is 23.2 Å². The molecule has 4 aromatic rings. The zero-order valence-corrected chi connectivity index (χ0v) is 18.0. The highest BCUT2D eigenvalue weighted by molar-refractivity contribution is 5.98. The molecule has 8 heteroatoms. The Bertz CT molecular complexity index is 1370. The van der Waals surface area contributed by atoms with Gasteiger partial charge in [0.1, 0.15) is 5.82 Å². The molecule has 1 aliphatic heterocycles. The summed E-state index contributed by atoms with van der Waals surface area (Å²) >= 11 is 0. The molecule has 164 valence electrons. The lowest BCUT2D eigenvalue weighted by Gasteiger charge is -2.18. The molecule has 0 bridgehead atoms. The van der Waals surface area contributed by atoms with Crippen LogP contribution in [-0.2, 0) is 6.54 Å². The molecule has 1 aliphatic rings. The predicted molar refractivity (Wildman–Crippen MR) is 122 cm³/mol. The van der Waals surface area contributed by atoms with E-state index in [1.54, 1.807) is 17.0 Å². The summed E-state index contributed by atoms with van der Waals surface area (Å²) in [6, 6.07) is 12.4. The van der Waals surface area contributed by atoms with E-state index in [4.69, 9.17) is 5.73 Å². The summed E-state index contributed by atoms with van der Waals surface area (Å²) in [5, 5.41) is 11.6. The first-order chi connectivity index (χ1) is 15.4. The lowest BCUT2D eigenvalue weighted by molar-refractivity contribution is 0.0764. The van der Waals surface area contributed by atoms with Crippen LogP contribution in [0.1, 0.15) is 39.5 Å². The molecule has 2 aromatic heterocycles. The first-order valence-corrected chi connectivity index (χ1v) is 10.7. The van der Waals surface area contributed by atoms with E-state index >= 15 is 0 Å². The summed E-state index contributed by atoms with van der Waals surface area (Å²) in [6.45, 7) is 5.49. The van der Waals surface area contributed by atoms with Crippen molar-refractivity contribution in [3.8, 4) is 0 Å². The van der Waals surface area contributed by atoms with E-state index in [1.165, 1.54) is 0 Å². The third-order valence-corrected chi connectivity index (χ3v) is 6.41. The number of primary amides is 1. The number of imidazole rings is 1. The van der Waals surface area contributed by atoms with Crippen molar-refractivity contribution in [1.29, 1.82) is 0 Å². The quantitative estimate of drug-likeness (QED) is 0.518. The minimum Gasteiger partial charge on any atom is -0.389 e. The van der Waals surface area contributed by atoms with Crippen molar-refractivity contribution < 1.29 is 14.7 Å². The maximum Gasteiger partial charge on any atom is 0.254 e. The molecule has 3 heterocycles. The number of carbonyl (C=O) groups is 2.